The van der Waals surface area contributed by atoms with Gasteiger partial charge in [0.05, 0.1) is 85.0 Å². The standard InChI is InChI=1S/C27H52N2O7/c1-5-6-7-8-9-11-29-23-26(28-4)24-36-22-21-35-20-19-34-18-17-33-16-15-32-14-13-31-12-10-27(30)25(2)3/h23,25,29H,4-22,24H2,1-3H3/b26-23-. The zero-order valence-electron chi connectivity index (χ0n) is 23.1. The topological polar surface area (TPSA) is 96.8 Å². The van der Waals surface area contributed by atoms with Crippen LogP contribution in [0.4, 0.5) is 0 Å². The maximum absolute atomic E-state index is 11.4. The lowest BCUT2D eigenvalue weighted by molar-refractivity contribution is -0.123. The number of nitrogens with one attached hydrogen (secondary N) is 1. The molecule has 9 heteroatoms. The molecule has 0 atom stereocenters. The van der Waals surface area contributed by atoms with Crippen LogP contribution in [0.1, 0.15) is 59.3 Å². The number of hydrogen-bond acceptors (Lipinski definition) is 9. The Morgan fingerprint density at radius 1 is 0.750 bits per heavy atom. The summed E-state index contributed by atoms with van der Waals surface area (Å²) in [4.78, 5) is 15.4. The van der Waals surface area contributed by atoms with Crippen molar-refractivity contribution >= 4 is 12.5 Å². The molecule has 9 nitrogen and oxygen atoms in total. The molecule has 0 aliphatic rings. The average Bonchev–Trinajstić information content (AvgIpc) is 2.87. The van der Waals surface area contributed by atoms with Crippen LogP contribution in [-0.4, -0.2) is 98.3 Å². The summed E-state index contributed by atoms with van der Waals surface area (Å²) >= 11 is 0. The lowest BCUT2D eigenvalue weighted by Crippen LogP contribution is -2.15. The Hall–Kier alpha value is -1.36. The van der Waals surface area contributed by atoms with Crippen LogP contribution in [0.3, 0.4) is 0 Å². The third kappa shape index (κ3) is 25.7. The number of unbranched alkanes of at least 4 members (excludes halogenated alkanes) is 4. The van der Waals surface area contributed by atoms with Crippen molar-refractivity contribution in [3.8, 4) is 0 Å². The molecular weight excluding hydrogens is 464 g/mol. The van der Waals surface area contributed by atoms with E-state index in [2.05, 4.69) is 24.0 Å². The number of carbonyl (C=O) groups is 1. The Kier molecular flexibility index (Phi) is 27.1. The molecule has 0 amide bonds. The molecule has 0 bridgehead atoms. The summed E-state index contributed by atoms with van der Waals surface area (Å²) < 4.78 is 32.8. The first-order valence-electron chi connectivity index (χ1n) is 13.5. The van der Waals surface area contributed by atoms with Crippen molar-refractivity contribution in [1.82, 2.24) is 5.32 Å². The van der Waals surface area contributed by atoms with Gasteiger partial charge in [-0.3, -0.25) is 9.79 Å². The van der Waals surface area contributed by atoms with Gasteiger partial charge in [-0.15, -0.1) is 0 Å². The third-order valence-electron chi connectivity index (χ3n) is 5.14. The number of ketones is 1. The highest BCUT2D eigenvalue weighted by Gasteiger charge is 2.06. The zero-order valence-corrected chi connectivity index (χ0v) is 23.1. The molecule has 36 heavy (non-hydrogen) atoms. The van der Waals surface area contributed by atoms with Gasteiger partial charge in [-0.2, -0.15) is 0 Å². The first-order valence-corrected chi connectivity index (χ1v) is 13.5. The van der Waals surface area contributed by atoms with Crippen LogP contribution in [0.25, 0.3) is 0 Å². The molecule has 0 aliphatic heterocycles. The SMILES string of the molecule is C=N/C(=C\NCCCCCCC)COCCOCCOCCOCCOCCOCCC(=O)C(C)C. The largest absolute Gasteiger partial charge is 0.389 e. The Labute approximate surface area is 219 Å². The van der Waals surface area contributed by atoms with E-state index in [1.165, 1.54) is 32.1 Å². The van der Waals surface area contributed by atoms with Crippen LogP contribution in [0.5, 0.6) is 0 Å². The molecule has 0 aliphatic carbocycles. The van der Waals surface area contributed by atoms with Crippen LogP contribution >= 0.6 is 0 Å². The molecule has 0 aromatic heterocycles. The van der Waals surface area contributed by atoms with Crippen molar-refractivity contribution in [3.05, 3.63) is 11.9 Å². The van der Waals surface area contributed by atoms with Gasteiger partial charge in [-0.25, -0.2) is 0 Å². The molecule has 0 rings (SSSR count). The Bertz CT molecular complexity index is 530. The maximum Gasteiger partial charge on any atom is 0.137 e. The Morgan fingerprint density at radius 3 is 1.69 bits per heavy atom. The van der Waals surface area contributed by atoms with Gasteiger partial charge in [-0.05, 0) is 13.1 Å². The second-order valence-electron chi connectivity index (χ2n) is 8.65. The smallest absolute Gasteiger partial charge is 0.137 e. The summed E-state index contributed by atoms with van der Waals surface area (Å²) in [5.74, 6) is 0.291. The number of carbonyl (C=O) groups excluding carboxylic acids is 1. The number of aliphatic imine (C=N–C) groups is 1. The Balaban J connectivity index is 3.30. The minimum Gasteiger partial charge on any atom is -0.389 e. The Morgan fingerprint density at radius 2 is 1.22 bits per heavy atom. The first-order chi connectivity index (χ1) is 17.6. The molecule has 0 radical (unpaired) electrons. The maximum atomic E-state index is 11.4. The monoisotopic (exact) mass is 516 g/mol. The molecule has 0 fully saturated rings. The van der Waals surface area contributed by atoms with Crippen molar-refractivity contribution in [2.75, 3.05) is 85.8 Å². The predicted molar refractivity (Wildman–Crippen MR) is 144 cm³/mol. The molecule has 0 aromatic carbocycles. The van der Waals surface area contributed by atoms with Gasteiger partial charge in [0.2, 0.25) is 0 Å². The van der Waals surface area contributed by atoms with Gasteiger partial charge in [-0.1, -0.05) is 46.5 Å². The summed E-state index contributed by atoms with van der Waals surface area (Å²) in [6.45, 7) is 16.5. The van der Waals surface area contributed by atoms with E-state index < -0.39 is 0 Å². The number of nitrogens with zero attached hydrogens (tertiary/aromatic N) is 1. The van der Waals surface area contributed by atoms with Crippen molar-refractivity contribution in [2.45, 2.75) is 59.3 Å². The summed E-state index contributed by atoms with van der Waals surface area (Å²) in [6, 6.07) is 0. The van der Waals surface area contributed by atoms with Gasteiger partial charge in [0, 0.05) is 25.1 Å². The second kappa shape index (κ2) is 28.2. The molecule has 0 spiro atoms. The lowest BCUT2D eigenvalue weighted by atomic mass is 10.1. The highest BCUT2D eigenvalue weighted by Crippen LogP contribution is 2.02. The minimum absolute atomic E-state index is 0.0670. The van der Waals surface area contributed by atoms with E-state index in [-0.39, 0.29) is 11.7 Å². The van der Waals surface area contributed by atoms with E-state index >= 15 is 0 Å². The van der Waals surface area contributed by atoms with Crippen LogP contribution < -0.4 is 5.32 Å². The summed E-state index contributed by atoms with van der Waals surface area (Å²) in [5, 5.41) is 3.27. The predicted octanol–water partition coefficient (Wildman–Crippen LogP) is 3.80. The molecule has 0 unspecified atom stereocenters. The molecule has 0 aromatic rings. The fraction of sp³-hybridized carbons (Fsp3) is 0.852. The van der Waals surface area contributed by atoms with Gasteiger partial charge >= 0.3 is 0 Å². The fourth-order valence-electron chi connectivity index (χ4n) is 2.89. The summed E-state index contributed by atoms with van der Waals surface area (Å²) in [6.07, 6.45) is 8.64. The summed E-state index contributed by atoms with van der Waals surface area (Å²) in [7, 11) is 0. The highest BCUT2D eigenvalue weighted by molar-refractivity contribution is 5.80. The van der Waals surface area contributed by atoms with E-state index in [0.717, 1.165) is 12.2 Å². The van der Waals surface area contributed by atoms with Crippen molar-refractivity contribution < 1.29 is 33.2 Å². The normalized spacial score (nSPS) is 11.8. The van der Waals surface area contributed by atoms with Crippen molar-refractivity contribution in [2.24, 2.45) is 10.9 Å². The first kappa shape index (κ1) is 34.6. The average molecular weight is 517 g/mol. The van der Waals surface area contributed by atoms with Gasteiger partial charge < -0.3 is 33.7 Å². The van der Waals surface area contributed by atoms with E-state index in [0.29, 0.717) is 85.7 Å². The van der Waals surface area contributed by atoms with Crippen LogP contribution in [0, 0.1) is 5.92 Å². The highest BCUT2D eigenvalue weighted by atomic mass is 16.6. The number of Topliss-reactive ketones (excluding diaryl/α,β-unsaturated/α-hetero) is 1. The molecular formula is C27H52N2O7. The molecule has 212 valence electrons. The lowest BCUT2D eigenvalue weighted by Gasteiger charge is -2.09. The second-order valence-corrected chi connectivity index (χ2v) is 8.65. The minimum atomic E-state index is 0.0670. The number of hydrogen-bond donors (Lipinski definition) is 1. The van der Waals surface area contributed by atoms with Crippen LogP contribution in [0.15, 0.2) is 16.9 Å². The van der Waals surface area contributed by atoms with Gasteiger partial charge in [0.25, 0.3) is 0 Å². The summed E-state index contributed by atoms with van der Waals surface area (Å²) in [5.41, 5.74) is 0.792. The fourth-order valence-corrected chi connectivity index (χ4v) is 2.89. The van der Waals surface area contributed by atoms with E-state index in [4.69, 9.17) is 28.4 Å². The van der Waals surface area contributed by atoms with Crippen molar-refractivity contribution in [3.63, 3.8) is 0 Å². The van der Waals surface area contributed by atoms with E-state index in [1.54, 1.807) is 0 Å². The van der Waals surface area contributed by atoms with E-state index in [1.807, 2.05) is 20.0 Å². The number of ether oxygens (including phenoxy) is 6. The quantitative estimate of drug-likeness (QED) is 0.118. The molecule has 1 N–H and O–H groups in total. The van der Waals surface area contributed by atoms with Crippen molar-refractivity contribution in [1.29, 1.82) is 0 Å². The molecule has 0 saturated heterocycles. The number of rotatable bonds is 29. The van der Waals surface area contributed by atoms with Crippen LogP contribution in [-0.2, 0) is 33.2 Å². The van der Waals surface area contributed by atoms with Crippen LogP contribution in [0.2, 0.25) is 0 Å². The third-order valence-corrected chi connectivity index (χ3v) is 5.14. The van der Waals surface area contributed by atoms with E-state index in [9.17, 15) is 4.79 Å². The zero-order chi connectivity index (χ0) is 26.5. The van der Waals surface area contributed by atoms with Gasteiger partial charge in [0.1, 0.15) is 5.78 Å². The molecule has 0 saturated carbocycles. The van der Waals surface area contributed by atoms with Gasteiger partial charge in [0.15, 0.2) is 0 Å². The molecule has 0 heterocycles.